The van der Waals surface area contributed by atoms with E-state index in [1.807, 2.05) is 13.8 Å². The smallest absolute Gasteiger partial charge is 0.123 e. The molecule has 0 amide bonds. The maximum absolute atomic E-state index is 13.3. The van der Waals surface area contributed by atoms with Gasteiger partial charge >= 0.3 is 0 Å². The van der Waals surface area contributed by atoms with Crippen molar-refractivity contribution in [3.05, 3.63) is 35.8 Å². The van der Waals surface area contributed by atoms with E-state index in [1.165, 1.54) is 12.1 Å². The number of aromatic nitrogens is 1. The van der Waals surface area contributed by atoms with Gasteiger partial charge in [-0.2, -0.15) is 0 Å². The molecular weight excluding hydrogens is 219 g/mol. The first-order valence-corrected chi connectivity index (χ1v) is 5.35. The van der Waals surface area contributed by atoms with Crippen molar-refractivity contribution in [2.45, 2.75) is 19.4 Å². The summed E-state index contributed by atoms with van der Waals surface area (Å²) in [4.78, 5) is 4.18. The number of methoxy groups -OCH3 is 1. The van der Waals surface area contributed by atoms with Crippen molar-refractivity contribution in [1.82, 2.24) is 4.98 Å². The number of hydrogen-bond donors (Lipinski definition) is 1. The number of fused-ring (bicyclic) bond motifs is 1. The summed E-state index contributed by atoms with van der Waals surface area (Å²) in [6.07, 6.45) is 1.58. The molecule has 0 saturated carbocycles. The van der Waals surface area contributed by atoms with Crippen molar-refractivity contribution in [2.75, 3.05) is 12.8 Å². The van der Waals surface area contributed by atoms with E-state index in [0.29, 0.717) is 16.6 Å². The Balaban J connectivity index is 2.84. The summed E-state index contributed by atoms with van der Waals surface area (Å²) < 4.78 is 18.8. The molecule has 0 spiro atoms. The molecule has 0 aliphatic rings. The van der Waals surface area contributed by atoms with Gasteiger partial charge in [0.15, 0.2) is 0 Å². The van der Waals surface area contributed by atoms with Gasteiger partial charge in [-0.25, -0.2) is 4.39 Å². The normalized spacial score (nSPS) is 12.0. The fourth-order valence-corrected chi connectivity index (χ4v) is 1.95. The highest BCUT2D eigenvalue weighted by Crippen LogP contribution is 2.34. The SMILES string of the molecule is COC(C)(C)c1c(N)cnc2ccc(F)cc12. The highest BCUT2D eigenvalue weighted by molar-refractivity contribution is 5.87. The van der Waals surface area contributed by atoms with Gasteiger partial charge in [-0.05, 0) is 32.0 Å². The number of benzene rings is 1. The molecule has 1 aromatic carbocycles. The summed E-state index contributed by atoms with van der Waals surface area (Å²) in [6.45, 7) is 3.78. The molecule has 0 radical (unpaired) electrons. The van der Waals surface area contributed by atoms with E-state index >= 15 is 0 Å². The quantitative estimate of drug-likeness (QED) is 0.869. The Morgan fingerprint density at radius 1 is 1.35 bits per heavy atom. The number of nitrogens with two attached hydrogens (primary N) is 1. The molecule has 0 aliphatic heterocycles. The number of nitrogens with zero attached hydrogens (tertiary/aromatic N) is 1. The molecule has 0 unspecified atom stereocenters. The first-order valence-electron chi connectivity index (χ1n) is 5.35. The number of pyridine rings is 1. The van der Waals surface area contributed by atoms with Crippen molar-refractivity contribution in [3.8, 4) is 0 Å². The van der Waals surface area contributed by atoms with Gasteiger partial charge in [0.05, 0.1) is 23.0 Å². The van der Waals surface area contributed by atoms with E-state index in [4.69, 9.17) is 10.5 Å². The predicted molar refractivity (Wildman–Crippen MR) is 66.1 cm³/mol. The van der Waals surface area contributed by atoms with E-state index in [-0.39, 0.29) is 5.82 Å². The van der Waals surface area contributed by atoms with Crippen LogP contribution < -0.4 is 5.73 Å². The molecule has 0 bridgehead atoms. The van der Waals surface area contributed by atoms with Gasteiger partial charge in [-0.1, -0.05) is 0 Å². The minimum Gasteiger partial charge on any atom is -0.397 e. The third kappa shape index (κ3) is 1.96. The average Bonchev–Trinajstić information content (AvgIpc) is 2.28. The molecule has 3 nitrogen and oxygen atoms in total. The highest BCUT2D eigenvalue weighted by Gasteiger charge is 2.25. The minimum absolute atomic E-state index is 0.307. The van der Waals surface area contributed by atoms with Gasteiger partial charge < -0.3 is 10.5 Å². The van der Waals surface area contributed by atoms with Gasteiger partial charge in [0, 0.05) is 18.1 Å². The molecule has 0 aliphatic carbocycles. The first-order chi connectivity index (χ1) is 7.95. The number of hydrogen-bond acceptors (Lipinski definition) is 3. The first kappa shape index (κ1) is 11.8. The van der Waals surface area contributed by atoms with E-state index in [2.05, 4.69) is 4.98 Å². The van der Waals surface area contributed by atoms with Gasteiger partial charge in [0.1, 0.15) is 5.82 Å². The Kier molecular flexibility index (Phi) is 2.75. The lowest BCUT2D eigenvalue weighted by atomic mass is 9.93. The molecule has 4 heteroatoms. The Hall–Kier alpha value is -1.68. The van der Waals surface area contributed by atoms with E-state index in [1.54, 1.807) is 19.4 Å². The summed E-state index contributed by atoms with van der Waals surface area (Å²) in [5, 5.41) is 0.692. The number of rotatable bonds is 2. The monoisotopic (exact) mass is 234 g/mol. The topological polar surface area (TPSA) is 48.1 Å². The van der Waals surface area contributed by atoms with Crippen LogP contribution in [-0.2, 0) is 10.3 Å². The summed E-state index contributed by atoms with van der Waals surface area (Å²) in [6, 6.07) is 4.46. The fourth-order valence-electron chi connectivity index (χ4n) is 1.95. The lowest BCUT2D eigenvalue weighted by Crippen LogP contribution is -2.22. The van der Waals surface area contributed by atoms with Gasteiger partial charge in [-0.3, -0.25) is 4.98 Å². The van der Waals surface area contributed by atoms with Crippen LogP contribution in [0.25, 0.3) is 10.9 Å². The summed E-state index contributed by atoms with van der Waals surface area (Å²) >= 11 is 0. The Morgan fingerprint density at radius 2 is 2.06 bits per heavy atom. The van der Waals surface area contributed by atoms with E-state index in [0.717, 1.165) is 5.56 Å². The number of nitrogen functional groups attached to an aromatic ring is 1. The van der Waals surface area contributed by atoms with Crippen LogP contribution in [0.5, 0.6) is 0 Å². The Morgan fingerprint density at radius 3 is 2.71 bits per heavy atom. The predicted octanol–water partition coefficient (Wildman–Crippen LogP) is 2.84. The second kappa shape index (κ2) is 3.96. The fraction of sp³-hybridized carbons (Fsp3) is 0.308. The lowest BCUT2D eigenvalue weighted by molar-refractivity contribution is 0.0211. The standard InChI is InChI=1S/C13H15FN2O/c1-13(2,17-3)12-9-6-8(14)4-5-11(9)16-7-10(12)15/h4-7H,15H2,1-3H3. The van der Waals surface area contributed by atoms with Crippen LogP contribution in [-0.4, -0.2) is 12.1 Å². The maximum Gasteiger partial charge on any atom is 0.123 e. The molecule has 1 aromatic heterocycles. The maximum atomic E-state index is 13.3. The van der Waals surface area contributed by atoms with Gasteiger partial charge in [0.25, 0.3) is 0 Å². The Bertz CT molecular complexity index is 561. The second-order valence-corrected chi connectivity index (χ2v) is 4.46. The molecular formula is C13H15FN2O. The highest BCUT2D eigenvalue weighted by atomic mass is 19.1. The van der Waals surface area contributed by atoms with Gasteiger partial charge in [0.2, 0.25) is 0 Å². The van der Waals surface area contributed by atoms with Crippen molar-refractivity contribution in [2.24, 2.45) is 0 Å². The second-order valence-electron chi connectivity index (χ2n) is 4.46. The van der Waals surface area contributed by atoms with Crippen molar-refractivity contribution < 1.29 is 9.13 Å². The van der Waals surface area contributed by atoms with Crippen molar-refractivity contribution in [1.29, 1.82) is 0 Å². The molecule has 90 valence electrons. The molecule has 0 fully saturated rings. The van der Waals surface area contributed by atoms with Gasteiger partial charge in [-0.15, -0.1) is 0 Å². The van der Waals surface area contributed by atoms with Crippen molar-refractivity contribution in [3.63, 3.8) is 0 Å². The third-order valence-electron chi connectivity index (χ3n) is 2.97. The Labute approximate surface area is 99.4 Å². The van der Waals surface area contributed by atoms with E-state index < -0.39 is 5.60 Å². The molecule has 2 rings (SSSR count). The van der Waals surface area contributed by atoms with Crippen LogP contribution in [0, 0.1) is 5.82 Å². The summed E-state index contributed by atoms with van der Waals surface area (Å²) in [7, 11) is 1.60. The van der Waals surface area contributed by atoms with Crippen LogP contribution in [0.1, 0.15) is 19.4 Å². The number of halogens is 1. The van der Waals surface area contributed by atoms with Crippen LogP contribution in [0.4, 0.5) is 10.1 Å². The van der Waals surface area contributed by atoms with Crippen LogP contribution in [0.2, 0.25) is 0 Å². The minimum atomic E-state index is -0.584. The molecule has 2 N–H and O–H groups in total. The van der Waals surface area contributed by atoms with E-state index in [9.17, 15) is 4.39 Å². The number of anilines is 1. The number of ether oxygens (including phenoxy) is 1. The summed E-state index contributed by atoms with van der Waals surface area (Å²) in [5.74, 6) is -0.307. The van der Waals surface area contributed by atoms with Crippen LogP contribution >= 0.6 is 0 Å². The zero-order chi connectivity index (χ0) is 12.6. The third-order valence-corrected chi connectivity index (χ3v) is 2.97. The molecule has 0 saturated heterocycles. The van der Waals surface area contributed by atoms with Crippen LogP contribution in [0.3, 0.4) is 0 Å². The zero-order valence-electron chi connectivity index (χ0n) is 10.1. The average molecular weight is 234 g/mol. The van der Waals surface area contributed by atoms with Crippen molar-refractivity contribution >= 4 is 16.6 Å². The zero-order valence-corrected chi connectivity index (χ0v) is 10.1. The largest absolute Gasteiger partial charge is 0.397 e. The molecule has 2 aromatic rings. The van der Waals surface area contributed by atoms with Crippen LogP contribution in [0.15, 0.2) is 24.4 Å². The summed E-state index contributed by atoms with van der Waals surface area (Å²) in [5.41, 5.74) is 7.34. The molecule has 17 heavy (non-hydrogen) atoms. The lowest BCUT2D eigenvalue weighted by Gasteiger charge is -2.26. The molecule has 1 heterocycles. The molecule has 0 atom stereocenters.